The van der Waals surface area contributed by atoms with Gasteiger partial charge in [0.1, 0.15) is 6.10 Å². The van der Waals surface area contributed by atoms with Crippen molar-refractivity contribution < 1.29 is 24.5 Å². The largest absolute Gasteiger partial charge is 0.479 e. The molecular formula is C10H18N2O5. The van der Waals surface area contributed by atoms with E-state index in [1.165, 1.54) is 0 Å². The van der Waals surface area contributed by atoms with Gasteiger partial charge in [0, 0.05) is 6.54 Å². The summed E-state index contributed by atoms with van der Waals surface area (Å²) in [5.74, 6) is -1.80. The third-order valence-corrected chi connectivity index (χ3v) is 2.73. The lowest BCUT2D eigenvalue weighted by Gasteiger charge is -2.20. The average Bonchev–Trinajstić information content (AvgIpc) is 2.74. The Balaban J connectivity index is 2.38. The molecule has 1 heterocycles. The van der Waals surface area contributed by atoms with Crippen molar-refractivity contribution in [2.45, 2.75) is 37.6 Å². The van der Waals surface area contributed by atoms with E-state index >= 15 is 0 Å². The summed E-state index contributed by atoms with van der Waals surface area (Å²) in [6.45, 7) is 1.12. The number of nitrogens with one attached hydrogen (secondary N) is 1. The summed E-state index contributed by atoms with van der Waals surface area (Å²) in [5.41, 5.74) is 3.43. The Kier molecular flexibility index (Phi) is 4.44. The Hall–Kier alpha value is -1.18. The number of hydrogen-bond donors (Lipinski definition) is 4. The van der Waals surface area contributed by atoms with E-state index in [9.17, 15) is 14.7 Å². The molecule has 0 spiro atoms. The van der Waals surface area contributed by atoms with Crippen LogP contribution in [-0.4, -0.2) is 53.0 Å². The van der Waals surface area contributed by atoms with Crippen molar-refractivity contribution in [3.8, 4) is 0 Å². The molecule has 7 heteroatoms. The van der Waals surface area contributed by atoms with E-state index in [-0.39, 0.29) is 12.6 Å². The minimum atomic E-state index is -1.97. The predicted octanol–water partition coefficient (Wildman–Crippen LogP) is -1.56. The molecule has 1 amide bonds. The second-order valence-electron chi connectivity index (χ2n) is 4.36. The normalized spacial score (nSPS) is 27.5. The number of carboxylic acids is 1. The zero-order chi connectivity index (χ0) is 13.1. The number of carbonyl (C=O) groups excluding carboxylic acids is 1. The SMILES string of the molecule is CC(O)(CNC(=O)C1CCC(CN)O1)C(=O)O. The molecule has 98 valence electrons. The molecule has 0 radical (unpaired) electrons. The molecule has 0 saturated carbocycles. The summed E-state index contributed by atoms with van der Waals surface area (Å²) in [6, 6.07) is 0. The van der Waals surface area contributed by atoms with Crippen molar-refractivity contribution in [1.82, 2.24) is 5.32 Å². The number of nitrogens with two attached hydrogens (primary N) is 1. The molecule has 3 atom stereocenters. The van der Waals surface area contributed by atoms with Crippen LogP contribution >= 0.6 is 0 Å². The van der Waals surface area contributed by atoms with Crippen LogP contribution in [0.1, 0.15) is 19.8 Å². The Morgan fingerprint density at radius 2 is 2.18 bits per heavy atom. The first-order valence-electron chi connectivity index (χ1n) is 5.46. The molecule has 1 fully saturated rings. The van der Waals surface area contributed by atoms with Gasteiger partial charge in [-0.2, -0.15) is 0 Å². The van der Waals surface area contributed by atoms with Crippen LogP contribution in [-0.2, 0) is 14.3 Å². The highest BCUT2D eigenvalue weighted by molar-refractivity contribution is 5.83. The standard InChI is InChI=1S/C10H18N2O5/c1-10(16,9(14)15)5-12-8(13)7-3-2-6(4-11)17-7/h6-7,16H,2-5,11H2,1H3,(H,12,13)(H,14,15). The second kappa shape index (κ2) is 5.44. The van der Waals surface area contributed by atoms with Gasteiger partial charge in [-0.05, 0) is 19.8 Å². The first kappa shape index (κ1) is 13.9. The Bertz CT molecular complexity index is 305. The van der Waals surface area contributed by atoms with Gasteiger partial charge in [0.05, 0.1) is 12.6 Å². The van der Waals surface area contributed by atoms with Crippen LogP contribution in [0.4, 0.5) is 0 Å². The molecule has 0 aliphatic carbocycles. The number of carbonyl (C=O) groups is 2. The van der Waals surface area contributed by atoms with Crippen LogP contribution in [0, 0.1) is 0 Å². The van der Waals surface area contributed by atoms with Gasteiger partial charge in [0.25, 0.3) is 0 Å². The van der Waals surface area contributed by atoms with Crippen molar-refractivity contribution in [2.75, 3.05) is 13.1 Å². The van der Waals surface area contributed by atoms with E-state index in [0.717, 1.165) is 6.92 Å². The minimum absolute atomic E-state index is 0.120. The van der Waals surface area contributed by atoms with Crippen LogP contribution in [0.2, 0.25) is 0 Å². The zero-order valence-electron chi connectivity index (χ0n) is 9.68. The lowest BCUT2D eigenvalue weighted by Crippen LogP contribution is -2.48. The van der Waals surface area contributed by atoms with E-state index in [1.807, 2.05) is 0 Å². The summed E-state index contributed by atoms with van der Waals surface area (Å²) in [6.07, 6.45) is 0.547. The molecule has 1 saturated heterocycles. The zero-order valence-corrected chi connectivity index (χ0v) is 9.68. The number of ether oxygens (including phenoxy) is 1. The first-order valence-corrected chi connectivity index (χ1v) is 5.46. The van der Waals surface area contributed by atoms with Gasteiger partial charge in [-0.3, -0.25) is 4.79 Å². The van der Waals surface area contributed by atoms with Gasteiger partial charge in [-0.15, -0.1) is 0 Å². The molecule has 5 N–H and O–H groups in total. The summed E-state index contributed by atoms with van der Waals surface area (Å²) < 4.78 is 5.33. The first-order chi connectivity index (χ1) is 7.86. The average molecular weight is 246 g/mol. The van der Waals surface area contributed by atoms with Gasteiger partial charge in [0.2, 0.25) is 5.91 Å². The summed E-state index contributed by atoms with van der Waals surface area (Å²) in [7, 11) is 0. The highest BCUT2D eigenvalue weighted by Gasteiger charge is 2.34. The second-order valence-corrected chi connectivity index (χ2v) is 4.36. The Morgan fingerprint density at radius 3 is 2.65 bits per heavy atom. The third-order valence-electron chi connectivity index (χ3n) is 2.73. The molecule has 0 bridgehead atoms. The smallest absolute Gasteiger partial charge is 0.337 e. The summed E-state index contributed by atoms with van der Waals surface area (Å²) in [4.78, 5) is 22.2. The van der Waals surface area contributed by atoms with Crippen molar-refractivity contribution in [2.24, 2.45) is 5.73 Å². The van der Waals surface area contributed by atoms with Crippen molar-refractivity contribution in [1.29, 1.82) is 0 Å². The highest BCUT2D eigenvalue weighted by atomic mass is 16.5. The molecular weight excluding hydrogens is 228 g/mol. The highest BCUT2D eigenvalue weighted by Crippen LogP contribution is 2.18. The molecule has 1 aliphatic rings. The predicted molar refractivity (Wildman–Crippen MR) is 58.2 cm³/mol. The van der Waals surface area contributed by atoms with Gasteiger partial charge in [0.15, 0.2) is 5.60 Å². The number of amides is 1. The topological polar surface area (TPSA) is 122 Å². The molecule has 7 nitrogen and oxygen atoms in total. The van der Waals surface area contributed by atoms with Gasteiger partial charge in [-0.1, -0.05) is 0 Å². The lowest BCUT2D eigenvalue weighted by atomic mass is 10.1. The molecule has 17 heavy (non-hydrogen) atoms. The maximum atomic E-state index is 11.6. The van der Waals surface area contributed by atoms with Crippen LogP contribution in [0.25, 0.3) is 0 Å². The Labute approximate surface area is 98.9 Å². The number of rotatable bonds is 5. The molecule has 0 aromatic rings. The Morgan fingerprint density at radius 1 is 1.53 bits per heavy atom. The van der Waals surface area contributed by atoms with Gasteiger partial charge in [-0.25, -0.2) is 4.79 Å². The summed E-state index contributed by atoms with van der Waals surface area (Å²) >= 11 is 0. The van der Waals surface area contributed by atoms with E-state index in [4.69, 9.17) is 15.6 Å². The van der Waals surface area contributed by atoms with E-state index in [0.29, 0.717) is 19.4 Å². The summed E-state index contributed by atoms with van der Waals surface area (Å²) in [5, 5.41) is 20.4. The van der Waals surface area contributed by atoms with Crippen LogP contribution in [0.5, 0.6) is 0 Å². The monoisotopic (exact) mass is 246 g/mol. The minimum Gasteiger partial charge on any atom is -0.479 e. The fourth-order valence-electron chi connectivity index (χ4n) is 1.52. The maximum Gasteiger partial charge on any atom is 0.337 e. The van der Waals surface area contributed by atoms with Crippen LogP contribution < -0.4 is 11.1 Å². The fourth-order valence-corrected chi connectivity index (χ4v) is 1.52. The number of aliphatic carboxylic acids is 1. The number of hydrogen-bond acceptors (Lipinski definition) is 5. The van der Waals surface area contributed by atoms with E-state index < -0.39 is 23.6 Å². The maximum absolute atomic E-state index is 11.6. The third kappa shape index (κ3) is 3.65. The quantitative estimate of drug-likeness (QED) is 0.465. The molecule has 3 unspecified atom stereocenters. The van der Waals surface area contributed by atoms with Crippen LogP contribution in [0.3, 0.4) is 0 Å². The van der Waals surface area contributed by atoms with E-state index in [2.05, 4.69) is 5.32 Å². The number of carboxylic acid groups (broad SMARTS) is 1. The molecule has 1 aliphatic heterocycles. The van der Waals surface area contributed by atoms with Crippen molar-refractivity contribution >= 4 is 11.9 Å². The fraction of sp³-hybridized carbons (Fsp3) is 0.800. The van der Waals surface area contributed by atoms with Crippen molar-refractivity contribution in [3.05, 3.63) is 0 Å². The number of aliphatic hydroxyl groups is 1. The van der Waals surface area contributed by atoms with Crippen molar-refractivity contribution in [3.63, 3.8) is 0 Å². The molecule has 0 aromatic heterocycles. The lowest BCUT2D eigenvalue weighted by molar-refractivity contribution is -0.156. The van der Waals surface area contributed by atoms with E-state index in [1.54, 1.807) is 0 Å². The molecule has 0 aromatic carbocycles. The van der Waals surface area contributed by atoms with Crippen LogP contribution in [0.15, 0.2) is 0 Å². The van der Waals surface area contributed by atoms with Gasteiger partial charge < -0.3 is 26.0 Å². The van der Waals surface area contributed by atoms with Gasteiger partial charge >= 0.3 is 5.97 Å². The molecule has 1 rings (SSSR count).